The summed E-state index contributed by atoms with van der Waals surface area (Å²) in [6, 6.07) is 1.99. The molecule has 0 aromatic carbocycles. The third-order valence-corrected chi connectivity index (χ3v) is 4.12. The number of halogens is 1. The van der Waals surface area contributed by atoms with E-state index in [9.17, 15) is 9.18 Å². The van der Waals surface area contributed by atoms with Gasteiger partial charge in [-0.3, -0.25) is 0 Å². The van der Waals surface area contributed by atoms with Crippen LogP contribution >= 0.6 is 0 Å². The van der Waals surface area contributed by atoms with E-state index in [4.69, 9.17) is 9.47 Å². The highest BCUT2D eigenvalue weighted by Gasteiger charge is 2.19. The molecular weight excluding hydrogens is 351 g/mol. The number of hydrogen-bond donors (Lipinski definition) is 1. The van der Waals surface area contributed by atoms with E-state index in [2.05, 4.69) is 15.1 Å². The highest BCUT2D eigenvalue weighted by atomic mass is 19.1. The van der Waals surface area contributed by atoms with E-state index in [1.54, 1.807) is 13.0 Å². The Kier molecular flexibility index (Phi) is 5.07. The summed E-state index contributed by atoms with van der Waals surface area (Å²) in [4.78, 5) is 19.1. The molecule has 7 nitrogen and oxygen atoms in total. The molecule has 0 fully saturated rings. The van der Waals surface area contributed by atoms with Crippen molar-refractivity contribution in [2.75, 3.05) is 7.11 Å². The Morgan fingerprint density at radius 2 is 2.11 bits per heavy atom. The monoisotopic (exact) mass is 370 g/mol. The van der Waals surface area contributed by atoms with Crippen LogP contribution < -0.4 is 4.74 Å². The molecule has 0 spiro atoms. The SMILES string of the molecule is COC(=O)c1cn2ncnc(OC(/C=C\c3[nH]c(C)cc3C)=C\F)c2c1C. The zero-order chi connectivity index (χ0) is 19.6. The molecular formula is C19H19FN4O3. The molecule has 0 radical (unpaired) electrons. The van der Waals surface area contributed by atoms with Crippen LogP contribution in [-0.4, -0.2) is 32.7 Å². The molecule has 1 N–H and O–H groups in total. The number of rotatable bonds is 5. The number of aromatic amines is 1. The molecule has 0 amide bonds. The van der Waals surface area contributed by atoms with Gasteiger partial charge in [0, 0.05) is 17.6 Å². The number of aromatic nitrogens is 4. The average molecular weight is 370 g/mol. The molecule has 0 aliphatic heterocycles. The van der Waals surface area contributed by atoms with Crippen LogP contribution in [0.1, 0.15) is 32.9 Å². The summed E-state index contributed by atoms with van der Waals surface area (Å²) in [5, 5.41) is 4.06. The summed E-state index contributed by atoms with van der Waals surface area (Å²) in [7, 11) is 1.30. The van der Waals surface area contributed by atoms with Crippen molar-refractivity contribution in [1.82, 2.24) is 19.6 Å². The first-order chi connectivity index (χ1) is 12.9. The average Bonchev–Trinajstić information content (AvgIpc) is 3.17. The van der Waals surface area contributed by atoms with Crippen LogP contribution in [0.5, 0.6) is 5.88 Å². The molecule has 3 rings (SSSR count). The van der Waals surface area contributed by atoms with E-state index in [0.717, 1.165) is 17.0 Å². The van der Waals surface area contributed by atoms with Crippen molar-refractivity contribution in [1.29, 1.82) is 0 Å². The lowest BCUT2D eigenvalue weighted by Gasteiger charge is -2.06. The van der Waals surface area contributed by atoms with Gasteiger partial charge in [0.1, 0.15) is 18.2 Å². The summed E-state index contributed by atoms with van der Waals surface area (Å²) in [5.74, 6) is -0.407. The number of carbonyl (C=O) groups excluding carboxylic acids is 1. The van der Waals surface area contributed by atoms with E-state index in [-0.39, 0.29) is 11.6 Å². The first-order valence-electron chi connectivity index (χ1n) is 8.18. The van der Waals surface area contributed by atoms with Crippen LogP contribution in [0, 0.1) is 20.8 Å². The summed E-state index contributed by atoms with van der Waals surface area (Å²) in [6.07, 6.45) is 6.35. The van der Waals surface area contributed by atoms with Gasteiger partial charge in [0.2, 0.25) is 5.88 Å². The fourth-order valence-corrected chi connectivity index (χ4v) is 2.81. The Labute approximate surface area is 155 Å². The molecule has 0 unspecified atom stereocenters. The van der Waals surface area contributed by atoms with Crippen molar-refractivity contribution in [3.05, 3.63) is 64.8 Å². The fraction of sp³-hybridized carbons (Fsp3) is 0.211. The number of aryl methyl sites for hydroxylation is 3. The van der Waals surface area contributed by atoms with Gasteiger partial charge in [0.15, 0.2) is 5.76 Å². The van der Waals surface area contributed by atoms with E-state index < -0.39 is 5.97 Å². The number of nitrogens with one attached hydrogen (secondary N) is 1. The van der Waals surface area contributed by atoms with Crippen LogP contribution in [-0.2, 0) is 4.74 Å². The Morgan fingerprint density at radius 1 is 1.33 bits per heavy atom. The second kappa shape index (κ2) is 7.45. The molecule has 8 heteroatoms. The summed E-state index contributed by atoms with van der Waals surface area (Å²) in [6.45, 7) is 5.62. The van der Waals surface area contributed by atoms with Gasteiger partial charge in [-0.25, -0.2) is 13.7 Å². The van der Waals surface area contributed by atoms with E-state index in [1.807, 2.05) is 19.9 Å². The highest BCUT2D eigenvalue weighted by molar-refractivity contribution is 5.94. The van der Waals surface area contributed by atoms with Crippen LogP contribution in [0.2, 0.25) is 0 Å². The second-order valence-electron chi connectivity index (χ2n) is 6.01. The smallest absolute Gasteiger partial charge is 0.339 e. The maximum atomic E-state index is 13.4. The lowest BCUT2D eigenvalue weighted by Crippen LogP contribution is -2.01. The van der Waals surface area contributed by atoms with Gasteiger partial charge >= 0.3 is 5.97 Å². The maximum Gasteiger partial charge on any atom is 0.339 e. The Hall–Kier alpha value is -3.42. The summed E-state index contributed by atoms with van der Waals surface area (Å²) >= 11 is 0. The van der Waals surface area contributed by atoms with E-state index >= 15 is 0 Å². The molecule has 27 heavy (non-hydrogen) atoms. The quantitative estimate of drug-likeness (QED) is 0.421. The van der Waals surface area contributed by atoms with Crippen molar-refractivity contribution in [3.8, 4) is 5.88 Å². The molecule has 0 atom stereocenters. The van der Waals surface area contributed by atoms with Crippen LogP contribution in [0.15, 0.2) is 36.8 Å². The number of H-pyrrole nitrogens is 1. The topological polar surface area (TPSA) is 81.5 Å². The summed E-state index contributed by atoms with van der Waals surface area (Å²) < 4.78 is 25.2. The van der Waals surface area contributed by atoms with Gasteiger partial charge in [-0.1, -0.05) is 0 Å². The van der Waals surface area contributed by atoms with Crippen molar-refractivity contribution in [2.45, 2.75) is 20.8 Å². The van der Waals surface area contributed by atoms with Gasteiger partial charge in [-0.15, -0.1) is 0 Å². The minimum absolute atomic E-state index is 0.0394. The van der Waals surface area contributed by atoms with E-state index in [1.165, 1.54) is 30.2 Å². The minimum atomic E-state index is -0.498. The van der Waals surface area contributed by atoms with Crippen LogP contribution in [0.25, 0.3) is 11.6 Å². The Morgan fingerprint density at radius 3 is 2.74 bits per heavy atom. The third kappa shape index (κ3) is 3.59. The van der Waals surface area contributed by atoms with Gasteiger partial charge in [0.25, 0.3) is 0 Å². The maximum absolute atomic E-state index is 13.4. The number of carbonyl (C=O) groups is 1. The van der Waals surface area contributed by atoms with Gasteiger partial charge in [-0.2, -0.15) is 10.1 Å². The number of fused-ring (bicyclic) bond motifs is 1. The second-order valence-corrected chi connectivity index (χ2v) is 6.01. The highest BCUT2D eigenvalue weighted by Crippen LogP contribution is 2.26. The largest absolute Gasteiger partial charge is 0.465 e. The van der Waals surface area contributed by atoms with Gasteiger partial charge in [-0.05, 0) is 50.1 Å². The molecule has 3 heterocycles. The first kappa shape index (κ1) is 18.4. The number of allylic oxidation sites excluding steroid dienone is 1. The van der Waals surface area contributed by atoms with E-state index in [0.29, 0.717) is 23.0 Å². The number of ether oxygens (including phenoxy) is 2. The minimum Gasteiger partial charge on any atom is -0.465 e. The normalized spacial score (nSPS) is 12.1. The first-order valence-corrected chi connectivity index (χ1v) is 8.18. The van der Waals surface area contributed by atoms with Crippen LogP contribution in [0.3, 0.4) is 0 Å². The zero-order valence-electron chi connectivity index (χ0n) is 15.4. The summed E-state index contributed by atoms with van der Waals surface area (Å²) in [5.41, 5.74) is 4.27. The number of hydrogen-bond acceptors (Lipinski definition) is 5. The predicted octanol–water partition coefficient (Wildman–Crippen LogP) is 3.67. The van der Waals surface area contributed by atoms with Gasteiger partial charge in [0.05, 0.1) is 12.7 Å². The molecule has 0 saturated heterocycles. The third-order valence-electron chi connectivity index (χ3n) is 4.12. The molecule has 0 aliphatic carbocycles. The molecule has 0 saturated carbocycles. The van der Waals surface area contributed by atoms with Gasteiger partial charge < -0.3 is 14.5 Å². The fourth-order valence-electron chi connectivity index (χ4n) is 2.81. The Bertz CT molecular complexity index is 1060. The van der Waals surface area contributed by atoms with Crippen molar-refractivity contribution in [3.63, 3.8) is 0 Å². The molecule has 3 aromatic heterocycles. The zero-order valence-corrected chi connectivity index (χ0v) is 15.4. The molecule has 140 valence electrons. The lowest BCUT2D eigenvalue weighted by atomic mass is 10.2. The standard InChI is InChI=1S/C19H19FN4O3/c1-11-7-12(2)23-16(11)6-5-14(8-20)27-18-17-13(3)15(19(25)26-4)9-24(17)22-10-21-18/h5-10,23H,1-4H3/b6-5-,14-8-. The number of esters is 1. The molecule has 0 aliphatic rings. The molecule has 0 bridgehead atoms. The van der Waals surface area contributed by atoms with Crippen molar-refractivity contribution < 1.29 is 18.7 Å². The molecule has 3 aromatic rings. The van der Waals surface area contributed by atoms with Crippen LogP contribution in [0.4, 0.5) is 4.39 Å². The number of nitrogens with zero attached hydrogens (tertiary/aromatic N) is 3. The van der Waals surface area contributed by atoms with Crippen molar-refractivity contribution >= 4 is 17.6 Å². The Balaban J connectivity index is 1.94. The lowest BCUT2D eigenvalue weighted by molar-refractivity contribution is 0.0600. The predicted molar refractivity (Wildman–Crippen MR) is 98.2 cm³/mol. The number of methoxy groups -OCH3 is 1. The van der Waals surface area contributed by atoms with Crippen molar-refractivity contribution in [2.24, 2.45) is 0 Å².